The van der Waals surface area contributed by atoms with Crippen LogP contribution in [-0.2, 0) is 0 Å². The van der Waals surface area contributed by atoms with Crippen molar-refractivity contribution in [2.24, 2.45) is 11.0 Å². The number of benzene rings is 1. The van der Waals surface area contributed by atoms with Gasteiger partial charge in [-0.1, -0.05) is 24.3 Å². The number of para-hydroxylation sites is 1. The highest BCUT2D eigenvalue weighted by atomic mass is 16.3. The van der Waals surface area contributed by atoms with Crippen LogP contribution in [-0.4, -0.2) is 21.6 Å². The molecule has 2 unspecified atom stereocenters. The second-order valence-electron chi connectivity index (χ2n) is 8.17. The molecule has 32 heavy (non-hydrogen) atoms. The summed E-state index contributed by atoms with van der Waals surface area (Å²) in [5.74, 6) is 1.37. The third kappa shape index (κ3) is 3.15. The smallest absolute Gasteiger partial charge is 0.293 e. The SMILES string of the molecule is O=C(c1ccc2ccccc2n1)N1N=C2C(=Cc3ccco3)CCCC2C1c1ccco1. The van der Waals surface area contributed by atoms with Crippen LogP contribution in [0.1, 0.15) is 47.3 Å². The van der Waals surface area contributed by atoms with Gasteiger partial charge in [-0.2, -0.15) is 5.10 Å². The Hall–Kier alpha value is -3.93. The molecule has 2 atom stereocenters. The number of fused-ring (bicyclic) bond motifs is 2. The van der Waals surface area contributed by atoms with Gasteiger partial charge < -0.3 is 8.83 Å². The molecule has 2 aliphatic rings. The first kappa shape index (κ1) is 18.8. The molecule has 0 bridgehead atoms. The standard InChI is InChI=1S/C26H21N3O3/c30-26(22-13-12-17-6-1-2-10-21(17)27-22)29-25(23-11-5-15-32-23)20-9-3-7-18(24(20)28-29)16-19-8-4-14-31-19/h1-2,4-6,8,10-16,20,25H,3,7,9H2. The van der Waals surface area contributed by atoms with Crippen LogP contribution in [0.25, 0.3) is 17.0 Å². The minimum absolute atomic E-state index is 0.0699. The van der Waals surface area contributed by atoms with Crippen LogP contribution in [0.15, 0.2) is 92.7 Å². The maximum atomic E-state index is 13.6. The van der Waals surface area contributed by atoms with E-state index in [-0.39, 0.29) is 17.9 Å². The van der Waals surface area contributed by atoms with Crippen LogP contribution in [0.5, 0.6) is 0 Å². The molecule has 0 radical (unpaired) electrons. The van der Waals surface area contributed by atoms with Crippen LogP contribution < -0.4 is 0 Å². The van der Waals surface area contributed by atoms with E-state index in [1.165, 1.54) is 0 Å². The molecule has 1 saturated carbocycles. The van der Waals surface area contributed by atoms with Crippen molar-refractivity contribution in [3.63, 3.8) is 0 Å². The predicted molar refractivity (Wildman–Crippen MR) is 121 cm³/mol. The average Bonchev–Trinajstić information content (AvgIpc) is 3.59. The number of hydrazone groups is 1. The fourth-order valence-corrected chi connectivity index (χ4v) is 4.75. The number of nitrogens with zero attached hydrogens (tertiary/aromatic N) is 3. The molecule has 4 aromatic rings. The summed E-state index contributed by atoms with van der Waals surface area (Å²) in [6.07, 6.45) is 8.20. The van der Waals surface area contributed by atoms with Gasteiger partial charge in [-0.25, -0.2) is 9.99 Å². The Balaban J connectivity index is 1.43. The molecule has 1 amide bonds. The second-order valence-corrected chi connectivity index (χ2v) is 8.17. The average molecular weight is 423 g/mol. The molecule has 6 nitrogen and oxygen atoms in total. The first-order valence-corrected chi connectivity index (χ1v) is 10.8. The molecule has 1 aliphatic carbocycles. The highest BCUT2D eigenvalue weighted by Crippen LogP contribution is 2.45. The Kier molecular flexibility index (Phi) is 4.49. The molecular weight excluding hydrogens is 402 g/mol. The van der Waals surface area contributed by atoms with Gasteiger partial charge in [0.25, 0.3) is 5.91 Å². The van der Waals surface area contributed by atoms with Gasteiger partial charge in [-0.05, 0) is 67.3 Å². The molecule has 6 heteroatoms. The number of pyridine rings is 1. The van der Waals surface area contributed by atoms with Gasteiger partial charge in [-0.3, -0.25) is 4.79 Å². The Bertz CT molecular complexity index is 1340. The number of furan rings is 2. The summed E-state index contributed by atoms with van der Waals surface area (Å²) in [5.41, 5.74) is 3.20. The Morgan fingerprint density at radius 2 is 1.88 bits per heavy atom. The lowest BCUT2D eigenvalue weighted by molar-refractivity contribution is 0.0651. The fourth-order valence-electron chi connectivity index (χ4n) is 4.75. The van der Waals surface area contributed by atoms with Crippen molar-refractivity contribution >= 4 is 28.6 Å². The van der Waals surface area contributed by atoms with Crippen molar-refractivity contribution in [2.75, 3.05) is 0 Å². The van der Waals surface area contributed by atoms with E-state index in [4.69, 9.17) is 13.9 Å². The van der Waals surface area contributed by atoms with E-state index < -0.39 is 0 Å². The maximum Gasteiger partial charge on any atom is 0.293 e. The van der Waals surface area contributed by atoms with Crippen LogP contribution in [0, 0.1) is 5.92 Å². The summed E-state index contributed by atoms with van der Waals surface area (Å²) >= 11 is 0. The van der Waals surface area contributed by atoms with Gasteiger partial charge in [0.2, 0.25) is 0 Å². The second kappa shape index (κ2) is 7.64. The van der Waals surface area contributed by atoms with Crippen molar-refractivity contribution in [3.8, 4) is 0 Å². The third-order valence-electron chi connectivity index (χ3n) is 6.22. The molecule has 1 aromatic carbocycles. The highest BCUT2D eigenvalue weighted by molar-refractivity contribution is 6.09. The molecule has 6 rings (SSSR count). The first-order valence-electron chi connectivity index (χ1n) is 10.8. The molecule has 0 spiro atoms. The minimum atomic E-state index is -0.291. The maximum absolute atomic E-state index is 13.6. The molecule has 4 heterocycles. The van der Waals surface area contributed by atoms with Crippen molar-refractivity contribution in [1.29, 1.82) is 0 Å². The van der Waals surface area contributed by atoms with Gasteiger partial charge in [0, 0.05) is 11.3 Å². The summed E-state index contributed by atoms with van der Waals surface area (Å²) in [4.78, 5) is 18.3. The quantitative estimate of drug-likeness (QED) is 0.414. The highest BCUT2D eigenvalue weighted by Gasteiger charge is 2.45. The van der Waals surface area contributed by atoms with Crippen molar-refractivity contribution in [3.05, 3.63) is 96.0 Å². The zero-order chi connectivity index (χ0) is 21.5. The van der Waals surface area contributed by atoms with E-state index in [0.717, 1.165) is 53.0 Å². The van der Waals surface area contributed by atoms with Crippen LogP contribution in [0.2, 0.25) is 0 Å². The number of amides is 1. The first-order chi connectivity index (χ1) is 15.8. The topological polar surface area (TPSA) is 71.8 Å². The lowest BCUT2D eigenvalue weighted by Gasteiger charge is -2.27. The normalized spacial score (nSPS) is 21.7. The fraction of sp³-hybridized carbons (Fsp3) is 0.192. The Morgan fingerprint density at radius 3 is 2.72 bits per heavy atom. The minimum Gasteiger partial charge on any atom is -0.467 e. The van der Waals surface area contributed by atoms with Crippen LogP contribution in [0.3, 0.4) is 0 Å². The van der Waals surface area contributed by atoms with Gasteiger partial charge in [0.05, 0.1) is 23.8 Å². The lowest BCUT2D eigenvalue weighted by Crippen LogP contribution is -2.32. The molecule has 0 saturated heterocycles. The molecule has 1 aliphatic heterocycles. The largest absolute Gasteiger partial charge is 0.467 e. The zero-order valence-electron chi connectivity index (χ0n) is 17.3. The van der Waals surface area contributed by atoms with Gasteiger partial charge in [0.1, 0.15) is 23.3 Å². The summed E-state index contributed by atoms with van der Waals surface area (Å²) in [6, 6.07) is 18.8. The van der Waals surface area contributed by atoms with Gasteiger partial charge >= 0.3 is 0 Å². The van der Waals surface area contributed by atoms with Crippen molar-refractivity contribution in [2.45, 2.75) is 25.3 Å². The summed E-state index contributed by atoms with van der Waals surface area (Å²) in [6.45, 7) is 0. The molecule has 0 N–H and O–H groups in total. The van der Waals surface area contributed by atoms with E-state index in [1.807, 2.05) is 60.7 Å². The molecule has 1 fully saturated rings. The van der Waals surface area contributed by atoms with E-state index in [9.17, 15) is 4.79 Å². The number of hydrogen-bond donors (Lipinski definition) is 0. The van der Waals surface area contributed by atoms with E-state index >= 15 is 0 Å². The summed E-state index contributed by atoms with van der Waals surface area (Å²) in [5, 5.41) is 7.42. The van der Waals surface area contributed by atoms with Gasteiger partial charge in [-0.15, -0.1) is 0 Å². The zero-order valence-corrected chi connectivity index (χ0v) is 17.3. The number of carbonyl (C=O) groups excluding carboxylic acids is 1. The van der Waals surface area contributed by atoms with Crippen LogP contribution >= 0.6 is 0 Å². The predicted octanol–water partition coefficient (Wildman–Crippen LogP) is 5.86. The molecule has 158 valence electrons. The van der Waals surface area contributed by atoms with E-state index in [1.54, 1.807) is 23.6 Å². The van der Waals surface area contributed by atoms with E-state index in [0.29, 0.717) is 5.69 Å². The number of rotatable bonds is 3. The van der Waals surface area contributed by atoms with E-state index in [2.05, 4.69) is 4.98 Å². The summed E-state index contributed by atoms with van der Waals surface area (Å²) < 4.78 is 11.3. The van der Waals surface area contributed by atoms with Crippen molar-refractivity contribution < 1.29 is 13.6 Å². The Labute approximate surface area is 184 Å². The monoisotopic (exact) mass is 423 g/mol. The number of aromatic nitrogens is 1. The third-order valence-corrected chi connectivity index (χ3v) is 6.22. The number of carbonyl (C=O) groups is 1. The van der Waals surface area contributed by atoms with Gasteiger partial charge in [0.15, 0.2) is 0 Å². The van der Waals surface area contributed by atoms with Crippen molar-refractivity contribution in [1.82, 2.24) is 9.99 Å². The Morgan fingerprint density at radius 1 is 1.00 bits per heavy atom. The number of hydrogen-bond acceptors (Lipinski definition) is 5. The number of allylic oxidation sites excluding steroid dienone is 1. The van der Waals surface area contributed by atoms with Crippen LogP contribution in [0.4, 0.5) is 0 Å². The molecular formula is C26H21N3O3. The molecule has 3 aromatic heterocycles. The summed E-state index contributed by atoms with van der Waals surface area (Å²) in [7, 11) is 0. The lowest BCUT2D eigenvalue weighted by atomic mass is 9.79.